The summed E-state index contributed by atoms with van der Waals surface area (Å²) in [7, 11) is 0. The zero-order valence-corrected chi connectivity index (χ0v) is 10.9. The molecule has 0 bridgehead atoms. The Morgan fingerprint density at radius 2 is 2.06 bits per heavy atom. The van der Waals surface area contributed by atoms with Gasteiger partial charge in [0.15, 0.2) is 0 Å². The minimum atomic E-state index is -4.23. The van der Waals surface area contributed by atoms with E-state index in [1.807, 2.05) is 6.07 Å². The topological polar surface area (TPSA) is 27.0 Å². The summed E-state index contributed by atoms with van der Waals surface area (Å²) < 4.78 is 38.2. The Hall–Kier alpha value is -1.22. The molecule has 0 heterocycles. The summed E-state index contributed by atoms with van der Waals surface area (Å²) in [6.45, 7) is -0.956. The number of nitrogens with zero attached hydrogens (tertiary/aromatic N) is 2. The van der Waals surface area contributed by atoms with E-state index in [9.17, 15) is 13.2 Å². The van der Waals surface area contributed by atoms with Crippen LogP contribution in [0.15, 0.2) is 22.7 Å². The van der Waals surface area contributed by atoms with Crippen molar-refractivity contribution in [3.05, 3.63) is 28.2 Å². The van der Waals surface area contributed by atoms with Gasteiger partial charge in [-0.1, -0.05) is 0 Å². The zero-order valence-electron chi connectivity index (χ0n) is 9.34. The molecule has 2 nitrogen and oxygen atoms in total. The maximum atomic E-state index is 12.5. The number of alkyl halides is 3. The Labute approximate surface area is 111 Å². The highest BCUT2D eigenvalue weighted by atomic mass is 79.9. The van der Waals surface area contributed by atoms with E-state index in [4.69, 9.17) is 5.26 Å². The van der Waals surface area contributed by atoms with Crippen molar-refractivity contribution in [1.29, 1.82) is 5.26 Å². The molecule has 1 fully saturated rings. The number of benzene rings is 1. The number of hydrogen-bond acceptors (Lipinski definition) is 2. The Morgan fingerprint density at radius 1 is 1.39 bits per heavy atom. The average molecular weight is 319 g/mol. The van der Waals surface area contributed by atoms with Gasteiger partial charge in [0.1, 0.15) is 6.54 Å². The smallest absolute Gasteiger partial charge is 0.359 e. The fourth-order valence-electron chi connectivity index (χ4n) is 1.80. The standard InChI is InChI=1S/C12H10BrF3N2/c13-10-5-8(6-17)1-4-11(10)18(9-2-3-9)7-12(14,15)16/h1,4-5,9H,2-3,7H2. The third-order valence-electron chi connectivity index (χ3n) is 2.72. The van der Waals surface area contributed by atoms with Crippen molar-refractivity contribution < 1.29 is 13.2 Å². The fraction of sp³-hybridized carbons (Fsp3) is 0.417. The van der Waals surface area contributed by atoms with Crippen LogP contribution in [0, 0.1) is 11.3 Å². The van der Waals surface area contributed by atoms with E-state index in [1.165, 1.54) is 11.0 Å². The van der Waals surface area contributed by atoms with Gasteiger partial charge in [-0.2, -0.15) is 18.4 Å². The lowest BCUT2D eigenvalue weighted by Gasteiger charge is -2.27. The second-order valence-corrected chi connectivity index (χ2v) is 5.11. The second-order valence-electron chi connectivity index (χ2n) is 4.25. The van der Waals surface area contributed by atoms with Gasteiger partial charge in [-0.3, -0.25) is 0 Å². The van der Waals surface area contributed by atoms with Gasteiger partial charge < -0.3 is 4.90 Å². The molecule has 1 aromatic rings. The molecular weight excluding hydrogens is 309 g/mol. The summed E-state index contributed by atoms with van der Waals surface area (Å²) in [4.78, 5) is 1.35. The van der Waals surface area contributed by atoms with Crippen molar-refractivity contribution >= 4 is 21.6 Å². The van der Waals surface area contributed by atoms with Crippen molar-refractivity contribution in [2.24, 2.45) is 0 Å². The lowest BCUT2D eigenvalue weighted by atomic mass is 10.2. The first kappa shape index (κ1) is 13.2. The van der Waals surface area contributed by atoms with E-state index < -0.39 is 12.7 Å². The summed E-state index contributed by atoms with van der Waals surface area (Å²) in [6.07, 6.45) is -2.67. The highest BCUT2D eigenvalue weighted by molar-refractivity contribution is 9.10. The first-order chi connectivity index (χ1) is 8.40. The predicted octanol–water partition coefficient (Wildman–Crippen LogP) is 3.85. The Balaban J connectivity index is 2.29. The van der Waals surface area contributed by atoms with Crippen LogP contribution >= 0.6 is 15.9 Å². The maximum absolute atomic E-state index is 12.5. The molecule has 1 aliphatic carbocycles. The lowest BCUT2D eigenvalue weighted by molar-refractivity contribution is -0.120. The summed E-state index contributed by atoms with van der Waals surface area (Å²) in [5.74, 6) is 0. The summed E-state index contributed by atoms with van der Waals surface area (Å²) in [5, 5.41) is 8.74. The molecule has 0 unspecified atom stereocenters. The lowest BCUT2D eigenvalue weighted by Crippen LogP contribution is -2.36. The van der Waals surface area contributed by atoms with Crippen LogP contribution in [-0.2, 0) is 0 Å². The third kappa shape index (κ3) is 3.16. The van der Waals surface area contributed by atoms with Gasteiger partial charge in [0.05, 0.1) is 17.3 Å². The van der Waals surface area contributed by atoms with Crippen molar-refractivity contribution in [3.8, 4) is 6.07 Å². The third-order valence-corrected chi connectivity index (χ3v) is 3.36. The van der Waals surface area contributed by atoms with Crippen molar-refractivity contribution in [2.45, 2.75) is 25.1 Å². The van der Waals surface area contributed by atoms with Crippen LogP contribution < -0.4 is 4.90 Å². The van der Waals surface area contributed by atoms with Gasteiger partial charge in [0, 0.05) is 10.5 Å². The van der Waals surface area contributed by atoms with Crippen LogP contribution in [0.3, 0.4) is 0 Å². The molecule has 0 aromatic heterocycles. The van der Waals surface area contributed by atoms with E-state index in [0.29, 0.717) is 15.7 Å². The minimum Gasteiger partial charge on any atom is -0.359 e. The molecule has 0 amide bonds. The van der Waals surface area contributed by atoms with Crippen LogP contribution in [0.2, 0.25) is 0 Å². The molecule has 18 heavy (non-hydrogen) atoms. The molecule has 0 atom stereocenters. The number of hydrogen-bond donors (Lipinski definition) is 0. The molecular formula is C12H10BrF3N2. The molecule has 2 rings (SSSR count). The van der Waals surface area contributed by atoms with Crippen molar-refractivity contribution in [1.82, 2.24) is 0 Å². The molecule has 0 saturated heterocycles. The van der Waals surface area contributed by atoms with Crippen LogP contribution in [0.5, 0.6) is 0 Å². The molecule has 96 valence electrons. The first-order valence-corrected chi connectivity index (χ1v) is 6.23. The van der Waals surface area contributed by atoms with Gasteiger partial charge in [-0.25, -0.2) is 0 Å². The maximum Gasteiger partial charge on any atom is 0.405 e. The number of rotatable bonds is 3. The average Bonchev–Trinajstić information content (AvgIpc) is 3.08. The van der Waals surface area contributed by atoms with E-state index in [2.05, 4.69) is 15.9 Å². The predicted molar refractivity (Wildman–Crippen MR) is 65.3 cm³/mol. The molecule has 1 saturated carbocycles. The number of nitriles is 1. The first-order valence-electron chi connectivity index (χ1n) is 5.44. The highest BCUT2D eigenvalue weighted by Gasteiger charge is 2.38. The minimum absolute atomic E-state index is 0.0455. The van der Waals surface area contributed by atoms with Crippen molar-refractivity contribution in [2.75, 3.05) is 11.4 Å². The normalized spacial score (nSPS) is 15.3. The van der Waals surface area contributed by atoms with Gasteiger partial charge in [0.2, 0.25) is 0 Å². The molecule has 0 radical (unpaired) electrons. The largest absolute Gasteiger partial charge is 0.405 e. The molecule has 0 spiro atoms. The highest BCUT2D eigenvalue weighted by Crippen LogP contribution is 2.38. The molecule has 1 aliphatic rings. The van der Waals surface area contributed by atoms with Gasteiger partial charge in [0.25, 0.3) is 0 Å². The van der Waals surface area contributed by atoms with E-state index in [-0.39, 0.29) is 6.04 Å². The van der Waals surface area contributed by atoms with Crippen LogP contribution in [0.4, 0.5) is 18.9 Å². The molecule has 0 N–H and O–H groups in total. The Morgan fingerprint density at radius 3 is 2.50 bits per heavy atom. The second kappa shape index (κ2) is 4.81. The van der Waals surface area contributed by atoms with Gasteiger partial charge in [-0.05, 0) is 47.0 Å². The Bertz CT molecular complexity index is 489. The zero-order chi connectivity index (χ0) is 13.3. The summed E-state index contributed by atoms with van der Waals surface area (Å²) in [5.41, 5.74) is 0.919. The summed E-state index contributed by atoms with van der Waals surface area (Å²) in [6, 6.07) is 6.55. The number of halogens is 4. The molecule has 1 aromatic carbocycles. The SMILES string of the molecule is N#Cc1ccc(N(CC(F)(F)F)C2CC2)c(Br)c1. The van der Waals surface area contributed by atoms with Gasteiger partial charge in [-0.15, -0.1) is 0 Å². The molecule has 6 heteroatoms. The number of anilines is 1. The quantitative estimate of drug-likeness (QED) is 0.846. The Kier molecular flexibility index (Phi) is 3.53. The van der Waals surface area contributed by atoms with Crippen molar-refractivity contribution in [3.63, 3.8) is 0 Å². The van der Waals surface area contributed by atoms with E-state index >= 15 is 0 Å². The van der Waals surface area contributed by atoms with E-state index in [1.54, 1.807) is 12.1 Å². The van der Waals surface area contributed by atoms with E-state index in [0.717, 1.165) is 12.8 Å². The summed E-state index contributed by atoms with van der Waals surface area (Å²) >= 11 is 3.23. The van der Waals surface area contributed by atoms with Crippen LogP contribution in [0.25, 0.3) is 0 Å². The van der Waals surface area contributed by atoms with Crippen LogP contribution in [0.1, 0.15) is 18.4 Å². The van der Waals surface area contributed by atoms with Gasteiger partial charge >= 0.3 is 6.18 Å². The monoisotopic (exact) mass is 318 g/mol. The molecule has 0 aliphatic heterocycles. The van der Waals surface area contributed by atoms with Crippen LogP contribution in [-0.4, -0.2) is 18.8 Å². The fourth-order valence-corrected chi connectivity index (χ4v) is 2.41.